The molecule has 0 atom stereocenters. The zero-order chi connectivity index (χ0) is 10.9. The summed E-state index contributed by atoms with van der Waals surface area (Å²) < 4.78 is 0. The average molecular weight is 203 g/mol. The number of Topliss-reactive ketones (excluding diaryl/α,β-unsaturated/α-hetero) is 1. The number of rotatable bonds is 1. The molecule has 80 valence electrons. The zero-order valence-electron chi connectivity index (χ0n) is 9.36. The predicted molar refractivity (Wildman–Crippen MR) is 62.1 cm³/mol. The Kier molecular flexibility index (Phi) is 2.51. The summed E-state index contributed by atoms with van der Waals surface area (Å²) in [5.74, 6) is 0.384. The van der Waals surface area contributed by atoms with Gasteiger partial charge in [0.25, 0.3) is 0 Å². The maximum atomic E-state index is 11.7. The molecule has 1 aliphatic heterocycles. The molecule has 2 rings (SSSR count). The summed E-state index contributed by atoms with van der Waals surface area (Å²) >= 11 is 0. The Balaban J connectivity index is 2.17. The fourth-order valence-corrected chi connectivity index (χ4v) is 2.08. The number of carbonyl (C=O) groups excluding carboxylic acids is 1. The Morgan fingerprint density at radius 1 is 1.20 bits per heavy atom. The number of anilines is 1. The molecule has 0 amide bonds. The maximum Gasteiger partial charge on any atom is 0.142 e. The highest BCUT2D eigenvalue weighted by molar-refractivity contribution is 5.86. The highest BCUT2D eigenvalue weighted by Crippen LogP contribution is 2.28. The van der Waals surface area contributed by atoms with Crippen LogP contribution < -0.4 is 4.90 Å². The third kappa shape index (κ3) is 2.04. The molecule has 1 aromatic carbocycles. The quantitative estimate of drug-likeness (QED) is 0.699. The van der Waals surface area contributed by atoms with Crippen molar-refractivity contribution in [3.8, 4) is 0 Å². The van der Waals surface area contributed by atoms with Gasteiger partial charge in [0, 0.05) is 30.6 Å². The topological polar surface area (TPSA) is 20.3 Å². The molecular formula is C13H17NO. The Morgan fingerprint density at radius 2 is 1.87 bits per heavy atom. The minimum absolute atomic E-state index is 0.200. The molecule has 1 saturated heterocycles. The Morgan fingerprint density at radius 3 is 2.47 bits per heavy atom. The zero-order valence-corrected chi connectivity index (χ0v) is 9.36. The number of piperidine rings is 1. The van der Waals surface area contributed by atoms with E-state index in [0.717, 1.165) is 13.1 Å². The van der Waals surface area contributed by atoms with E-state index in [1.54, 1.807) is 0 Å². The van der Waals surface area contributed by atoms with Crippen LogP contribution in [0.1, 0.15) is 20.3 Å². The molecule has 0 saturated carbocycles. The fourth-order valence-electron chi connectivity index (χ4n) is 2.08. The molecule has 1 aromatic rings. The van der Waals surface area contributed by atoms with Crippen molar-refractivity contribution < 1.29 is 4.79 Å². The second-order valence-electron chi connectivity index (χ2n) is 4.81. The molecule has 15 heavy (non-hydrogen) atoms. The third-order valence-electron chi connectivity index (χ3n) is 3.07. The smallest absolute Gasteiger partial charge is 0.142 e. The maximum absolute atomic E-state index is 11.7. The molecule has 0 unspecified atom stereocenters. The monoisotopic (exact) mass is 203 g/mol. The van der Waals surface area contributed by atoms with Gasteiger partial charge in [-0.3, -0.25) is 4.79 Å². The number of ketones is 1. The molecule has 1 heterocycles. The van der Waals surface area contributed by atoms with Crippen LogP contribution in [0.2, 0.25) is 0 Å². The number of benzene rings is 1. The van der Waals surface area contributed by atoms with Gasteiger partial charge in [-0.1, -0.05) is 32.0 Å². The van der Waals surface area contributed by atoms with Crippen molar-refractivity contribution in [2.45, 2.75) is 20.3 Å². The van der Waals surface area contributed by atoms with E-state index in [2.05, 4.69) is 17.0 Å². The molecule has 0 aliphatic carbocycles. The first-order chi connectivity index (χ1) is 7.09. The largest absolute Gasteiger partial charge is 0.370 e. The number of hydrogen-bond donors (Lipinski definition) is 0. The van der Waals surface area contributed by atoms with E-state index in [0.29, 0.717) is 12.2 Å². The van der Waals surface area contributed by atoms with Crippen LogP contribution in [0.25, 0.3) is 0 Å². The Bertz CT molecular complexity index is 356. The molecular weight excluding hydrogens is 186 g/mol. The summed E-state index contributed by atoms with van der Waals surface area (Å²) in [6.45, 7) is 5.75. The molecule has 1 aliphatic rings. The van der Waals surface area contributed by atoms with Gasteiger partial charge in [0.2, 0.25) is 0 Å². The van der Waals surface area contributed by atoms with Gasteiger partial charge in [-0.25, -0.2) is 0 Å². The lowest BCUT2D eigenvalue weighted by atomic mass is 9.82. The van der Waals surface area contributed by atoms with Crippen LogP contribution in [0, 0.1) is 5.41 Å². The van der Waals surface area contributed by atoms with Crippen molar-refractivity contribution in [2.24, 2.45) is 5.41 Å². The summed E-state index contributed by atoms with van der Waals surface area (Å²) in [6.07, 6.45) is 0.669. The van der Waals surface area contributed by atoms with Gasteiger partial charge >= 0.3 is 0 Å². The highest BCUT2D eigenvalue weighted by atomic mass is 16.1. The number of para-hydroxylation sites is 1. The second kappa shape index (κ2) is 3.69. The van der Waals surface area contributed by atoms with Crippen LogP contribution in [0.3, 0.4) is 0 Å². The Labute approximate surface area is 90.9 Å². The standard InChI is InChI=1S/C13H17NO/c1-13(2)10-14(9-8-12(13)15)11-6-4-3-5-7-11/h3-7H,8-10H2,1-2H3. The van der Waals surface area contributed by atoms with E-state index >= 15 is 0 Å². The summed E-state index contributed by atoms with van der Waals surface area (Å²) in [7, 11) is 0. The van der Waals surface area contributed by atoms with Gasteiger partial charge in [-0.2, -0.15) is 0 Å². The Hall–Kier alpha value is -1.31. The molecule has 0 radical (unpaired) electrons. The van der Waals surface area contributed by atoms with Crippen molar-refractivity contribution in [2.75, 3.05) is 18.0 Å². The van der Waals surface area contributed by atoms with Gasteiger partial charge in [-0.05, 0) is 12.1 Å². The molecule has 0 spiro atoms. The van der Waals surface area contributed by atoms with Crippen LogP contribution in [0.15, 0.2) is 30.3 Å². The van der Waals surface area contributed by atoms with Crippen molar-refractivity contribution in [3.05, 3.63) is 30.3 Å². The third-order valence-corrected chi connectivity index (χ3v) is 3.07. The molecule has 1 fully saturated rings. The summed E-state index contributed by atoms with van der Waals surface area (Å²) in [5, 5.41) is 0. The van der Waals surface area contributed by atoms with E-state index in [4.69, 9.17) is 0 Å². The normalized spacial score (nSPS) is 20.4. The second-order valence-corrected chi connectivity index (χ2v) is 4.81. The van der Waals surface area contributed by atoms with Crippen molar-refractivity contribution in [3.63, 3.8) is 0 Å². The summed E-state index contributed by atoms with van der Waals surface area (Å²) in [5.41, 5.74) is 1.02. The van der Waals surface area contributed by atoms with Gasteiger partial charge in [0.15, 0.2) is 0 Å². The van der Waals surface area contributed by atoms with E-state index in [1.165, 1.54) is 5.69 Å². The molecule has 0 bridgehead atoms. The van der Waals surface area contributed by atoms with E-state index < -0.39 is 0 Å². The fraction of sp³-hybridized carbons (Fsp3) is 0.462. The molecule has 2 nitrogen and oxygen atoms in total. The van der Waals surface area contributed by atoms with Crippen LogP contribution in [0.5, 0.6) is 0 Å². The SMILES string of the molecule is CC1(C)CN(c2ccccc2)CCC1=O. The van der Waals surface area contributed by atoms with Crippen molar-refractivity contribution in [1.82, 2.24) is 0 Å². The summed E-state index contributed by atoms with van der Waals surface area (Å²) in [6, 6.07) is 10.3. The van der Waals surface area contributed by atoms with Gasteiger partial charge in [0.1, 0.15) is 5.78 Å². The van der Waals surface area contributed by atoms with Crippen molar-refractivity contribution in [1.29, 1.82) is 0 Å². The summed E-state index contributed by atoms with van der Waals surface area (Å²) in [4.78, 5) is 14.0. The molecule has 0 aromatic heterocycles. The lowest BCUT2D eigenvalue weighted by molar-refractivity contribution is -0.127. The van der Waals surface area contributed by atoms with Crippen LogP contribution >= 0.6 is 0 Å². The van der Waals surface area contributed by atoms with Gasteiger partial charge < -0.3 is 4.90 Å². The van der Waals surface area contributed by atoms with Gasteiger partial charge in [-0.15, -0.1) is 0 Å². The first-order valence-corrected chi connectivity index (χ1v) is 5.43. The molecule has 2 heteroatoms. The van der Waals surface area contributed by atoms with Crippen LogP contribution in [-0.4, -0.2) is 18.9 Å². The van der Waals surface area contributed by atoms with E-state index in [9.17, 15) is 4.79 Å². The van der Waals surface area contributed by atoms with Crippen LogP contribution in [0.4, 0.5) is 5.69 Å². The van der Waals surface area contributed by atoms with E-state index in [1.807, 2.05) is 32.0 Å². The predicted octanol–water partition coefficient (Wildman–Crippen LogP) is 2.49. The highest BCUT2D eigenvalue weighted by Gasteiger charge is 2.33. The number of carbonyl (C=O) groups is 1. The number of hydrogen-bond acceptors (Lipinski definition) is 2. The average Bonchev–Trinajstić information content (AvgIpc) is 2.23. The lowest BCUT2D eigenvalue weighted by Crippen LogP contribution is -2.46. The minimum atomic E-state index is -0.200. The lowest BCUT2D eigenvalue weighted by Gasteiger charge is -2.38. The van der Waals surface area contributed by atoms with E-state index in [-0.39, 0.29) is 5.41 Å². The van der Waals surface area contributed by atoms with Crippen LogP contribution in [-0.2, 0) is 4.79 Å². The van der Waals surface area contributed by atoms with Crippen molar-refractivity contribution >= 4 is 11.5 Å². The van der Waals surface area contributed by atoms with Gasteiger partial charge in [0.05, 0.1) is 0 Å². The first kappa shape index (κ1) is 10.2. The first-order valence-electron chi connectivity index (χ1n) is 5.43. The number of nitrogens with zero attached hydrogens (tertiary/aromatic N) is 1. The minimum Gasteiger partial charge on any atom is -0.370 e. The molecule has 0 N–H and O–H groups in total.